The van der Waals surface area contributed by atoms with E-state index in [1.165, 1.54) is 0 Å². The summed E-state index contributed by atoms with van der Waals surface area (Å²) < 4.78 is 10.5. The molecule has 80 valence electrons. The number of ketones is 1. The lowest BCUT2D eigenvalue weighted by Crippen LogP contribution is -2.26. The van der Waals surface area contributed by atoms with E-state index in [4.69, 9.17) is 9.47 Å². The molecule has 0 aromatic heterocycles. The summed E-state index contributed by atoms with van der Waals surface area (Å²) in [6.45, 7) is 5.17. The van der Waals surface area contributed by atoms with Crippen LogP contribution in [0.4, 0.5) is 0 Å². The molecule has 0 fully saturated rings. The maximum absolute atomic E-state index is 11.8. The third-order valence-corrected chi connectivity index (χ3v) is 2.28. The van der Waals surface area contributed by atoms with Gasteiger partial charge in [0.2, 0.25) is 0 Å². The molecule has 0 aromatic rings. The molecule has 1 unspecified atom stereocenters. The molecule has 0 radical (unpaired) electrons. The van der Waals surface area contributed by atoms with Crippen molar-refractivity contribution in [3.63, 3.8) is 0 Å². The monoisotopic (exact) mass is 198 g/mol. The minimum atomic E-state index is -0.284. The van der Waals surface area contributed by atoms with Crippen LogP contribution >= 0.6 is 0 Å². The molecule has 0 aromatic carbocycles. The van der Waals surface area contributed by atoms with Crippen molar-refractivity contribution >= 4 is 5.78 Å². The van der Waals surface area contributed by atoms with Gasteiger partial charge < -0.3 is 9.47 Å². The summed E-state index contributed by atoms with van der Waals surface area (Å²) in [5, 5.41) is 0. The maximum Gasteiger partial charge on any atom is 0.190 e. The molecule has 0 saturated carbocycles. The molecule has 0 aliphatic carbocycles. The number of carbonyl (C=O) groups is 1. The fourth-order valence-corrected chi connectivity index (χ4v) is 1.53. The Kier molecular flexibility index (Phi) is 4.66. The molecule has 0 N–H and O–H groups in total. The Morgan fingerprint density at radius 2 is 2.43 bits per heavy atom. The molecular weight excluding hydrogens is 180 g/mol. The van der Waals surface area contributed by atoms with Gasteiger partial charge in [0.1, 0.15) is 6.10 Å². The van der Waals surface area contributed by atoms with Crippen LogP contribution in [0.2, 0.25) is 0 Å². The second-order valence-corrected chi connectivity index (χ2v) is 3.33. The molecule has 1 rings (SSSR count). The van der Waals surface area contributed by atoms with Crippen LogP contribution in [0.3, 0.4) is 0 Å². The summed E-state index contributed by atoms with van der Waals surface area (Å²) in [6.07, 6.45) is 3.79. The molecule has 3 nitrogen and oxygen atoms in total. The normalized spacial score (nSPS) is 18.3. The Morgan fingerprint density at radius 3 is 2.93 bits per heavy atom. The zero-order valence-electron chi connectivity index (χ0n) is 8.91. The van der Waals surface area contributed by atoms with Gasteiger partial charge in [-0.3, -0.25) is 4.79 Å². The van der Waals surface area contributed by atoms with Gasteiger partial charge in [0.05, 0.1) is 12.9 Å². The molecule has 0 amide bonds. The molecule has 1 aliphatic heterocycles. The maximum atomic E-state index is 11.8. The van der Waals surface area contributed by atoms with Gasteiger partial charge in [0.15, 0.2) is 5.78 Å². The summed E-state index contributed by atoms with van der Waals surface area (Å²) in [6, 6.07) is 0. The Hall–Kier alpha value is -0.830. The van der Waals surface area contributed by atoms with Gasteiger partial charge in [0, 0.05) is 12.2 Å². The van der Waals surface area contributed by atoms with E-state index >= 15 is 0 Å². The Bertz CT molecular complexity index is 221. The fraction of sp³-hybridized carbons (Fsp3) is 0.727. The lowest BCUT2D eigenvalue weighted by Gasteiger charge is -2.18. The SMILES string of the molecule is CCOC(CC)C(=O)C1=COCCC1. The minimum Gasteiger partial charge on any atom is -0.501 e. The van der Waals surface area contributed by atoms with E-state index in [1.54, 1.807) is 6.26 Å². The number of ether oxygens (including phenoxy) is 2. The number of hydrogen-bond donors (Lipinski definition) is 0. The average molecular weight is 198 g/mol. The quantitative estimate of drug-likeness (QED) is 0.678. The summed E-state index contributed by atoms with van der Waals surface area (Å²) >= 11 is 0. The van der Waals surface area contributed by atoms with E-state index in [2.05, 4.69) is 0 Å². The molecule has 0 spiro atoms. The lowest BCUT2D eigenvalue weighted by molar-refractivity contribution is -0.127. The standard InChI is InChI=1S/C11H18O3/c1-3-10(14-4-2)11(12)9-6-5-7-13-8-9/h8,10H,3-7H2,1-2H3. The fourth-order valence-electron chi connectivity index (χ4n) is 1.53. The molecule has 0 bridgehead atoms. The van der Waals surface area contributed by atoms with Crippen LogP contribution in [-0.4, -0.2) is 25.1 Å². The molecule has 1 heterocycles. The molecule has 3 heteroatoms. The highest BCUT2D eigenvalue weighted by molar-refractivity contribution is 5.98. The van der Waals surface area contributed by atoms with Crippen LogP contribution in [0.25, 0.3) is 0 Å². The Morgan fingerprint density at radius 1 is 1.64 bits per heavy atom. The average Bonchev–Trinajstić information content (AvgIpc) is 2.26. The highest BCUT2D eigenvalue weighted by atomic mass is 16.5. The number of Topliss-reactive ketones (excluding diaryl/α,β-unsaturated/α-hetero) is 1. The van der Waals surface area contributed by atoms with Gasteiger partial charge in [-0.2, -0.15) is 0 Å². The van der Waals surface area contributed by atoms with Gasteiger partial charge in [-0.25, -0.2) is 0 Å². The largest absolute Gasteiger partial charge is 0.501 e. The number of hydrogen-bond acceptors (Lipinski definition) is 3. The minimum absolute atomic E-state index is 0.0917. The summed E-state index contributed by atoms with van der Waals surface area (Å²) in [5.74, 6) is 0.0917. The van der Waals surface area contributed by atoms with Crippen LogP contribution in [0.5, 0.6) is 0 Å². The second kappa shape index (κ2) is 5.81. The van der Waals surface area contributed by atoms with E-state index < -0.39 is 0 Å². The summed E-state index contributed by atoms with van der Waals surface area (Å²) in [7, 11) is 0. The van der Waals surface area contributed by atoms with E-state index in [0.717, 1.165) is 31.4 Å². The van der Waals surface area contributed by atoms with Crippen molar-refractivity contribution in [3.8, 4) is 0 Å². The van der Waals surface area contributed by atoms with E-state index in [-0.39, 0.29) is 11.9 Å². The third kappa shape index (κ3) is 2.84. The van der Waals surface area contributed by atoms with Crippen molar-refractivity contribution in [1.29, 1.82) is 0 Å². The van der Waals surface area contributed by atoms with Gasteiger partial charge >= 0.3 is 0 Å². The number of carbonyl (C=O) groups excluding carboxylic acids is 1. The van der Waals surface area contributed by atoms with Gasteiger partial charge in [-0.05, 0) is 26.2 Å². The van der Waals surface area contributed by atoms with Crippen molar-refractivity contribution in [1.82, 2.24) is 0 Å². The first-order valence-electron chi connectivity index (χ1n) is 5.26. The van der Waals surface area contributed by atoms with E-state index in [9.17, 15) is 4.79 Å². The van der Waals surface area contributed by atoms with Crippen LogP contribution in [-0.2, 0) is 14.3 Å². The van der Waals surface area contributed by atoms with Gasteiger partial charge in [0.25, 0.3) is 0 Å². The Balaban J connectivity index is 2.56. The molecule has 1 atom stereocenters. The molecule has 14 heavy (non-hydrogen) atoms. The molecular formula is C11H18O3. The predicted molar refractivity (Wildman–Crippen MR) is 54.0 cm³/mol. The molecule has 1 aliphatic rings. The van der Waals surface area contributed by atoms with Crippen molar-refractivity contribution in [2.24, 2.45) is 0 Å². The second-order valence-electron chi connectivity index (χ2n) is 3.33. The van der Waals surface area contributed by atoms with Crippen molar-refractivity contribution in [2.75, 3.05) is 13.2 Å². The van der Waals surface area contributed by atoms with E-state index in [1.807, 2.05) is 13.8 Å². The van der Waals surface area contributed by atoms with Gasteiger partial charge in [-0.1, -0.05) is 6.92 Å². The van der Waals surface area contributed by atoms with Crippen LogP contribution in [0.1, 0.15) is 33.1 Å². The third-order valence-electron chi connectivity index (χ3n) is 2.28. The highest BCUT2D eigenvalue weighted by Crippen LogP contribution is 2.16. The summed E-state index contributed by atoms with van der Waals surface area (Å²) in [4.78, 5) is 11.8. The van der Waals surface area contributed by atoms with E-state index in [0.29, 0.717) is 6.61 Å². The first-order valence-corrected chi connectivity index (χ1v) is 5.26. The molecule has 0 saturated heterocycles. The highest BCUT2D eigenvalue weighted by Gasteiger charge is 2.22. The predicted octanol–water partition coefficient (Wildman–Crippen LogP) is 2.06. The topological polar surface area (TPSA) is 35.5 Å². The summed E-state index contributed by atoms with van der Waals surface area (Å²) in [5.41, 5.74) is 0.775. The van der Waals surface area contributed by atoms with Crippen LogP contribution in [0, 0.1) is 0 Å². The van der Waals surface area contributed by atoms with Gasteiger partial charge in [-0.15, -0.1) is 0 Å². The van der Waals surface area contributed by atoms with Crippen LogP contribution < -0.4 is 0 Å². The van der Waals surface area contributed by atoms with Crippen molar-refractivity contribution in [3.05, 3.63) is 11.8 Å². The Labute approximate surface area is 85.1 Å². The first kappa shape index (κ1) is 11.2. The van der Waals surface area contributed by atoms with Crippen LogP contribution in [0.15, 0.2) is 11.8 Å². The zero-order valence-corrected chi connectivity index (χ0v) is 8.91. The number of rotatable bonds is 5. The smallest absolute Gasteiger partial charge is 0.190 e. The van der Waals surface area contributed by atoms with Crippen molar-refractivity contribution in [2.45, 2.75) is 39.2 Å². The van der Waals surface area contributed by atoms with Crippen molar-refractivity contribution < 1.29 is 14.3 Å². The lowest BCUT2D eigenvalue weighted by atomic mass is 10.0. The first-order chi connectivity index (χ1) is 6.79. The zero-order chi connectivity index (χ0) is 10.4.